The molecule has 0 bridgehead atoms. The van der Waals surface area contributed by atoms with Gasteiger partial charge in [-0.25, -0.2) is 0 Å². The van der Waals surface area contributed by atoms with Crippen LogP contribution in [0.2, 0.25) is 0 Å². The van der Waals surface area contributed by atoms with Crippen LogP contribution in [0.4, 0.5) is 5.69 Å². The molecule has 2 heteroatoms. The minimum absolute atomic E-state index is 0.0991. The smallest absolute Gasteiger partial charge is 0.0478 e. The monoisotopic (exact) mass is 176 g/mol. The number of anilines is 1. The standard InChI is InChI=1S/C11H16N2/c1-4-10(12)9-5-7(2)11(13)8(3)6-9/h4-6,10H,1,12-13H2,2-3H3. The van der Waals surface area contributed by atoms with Gasteiger partial charge < -0.3 is 11.5 Å². The van der Waals surface area contributed by atoms with Crippen molar-refractivity contribution in [1.29, 1.82) is 0 Å². The number of hydrogen-bond donors (Lipinski definition) is 2. The van der Waals surface area contributed by atoms with Gasteiger partial charge in [-0.05, 0) is 30.5 Å². The van der Waals surface area contributed by atoms with E-state index >= 15 is 0 Å². The third-order valence-electron chi connectivity index (χ3n) is 2.25. The minimum Gasteiger partial charge on any atom is -0.398 e. The highest BCUT2D eigenvalue weighted by molar-refractivity contribution is 5.55. The van der Waals surface area contributed by atoms with Crippen LogP contribution in [0.5, 0.6) is 0 Å². The maximum absolute atomic E-state index is 5.83. The number of nitrogen functional groups attached to an aromatic ring is 1. The fourth-order valence-electron chi connectivity index (χ4n) is 1.34. The zero-order valence-corrected chi connectivity index (χ0v) is 8.17. The van der Waals surface area contributed by atoms with Gasteiger partial charge in [0.05, 0.1) is 0 Å². The first kappa shape index (κ1) is 9.81. The van der Waals surface area contributed by atoms with E-state index < -0.39 is 0 Å². The molecule has 0 aromatic heterocycles. The van der Waals surface area contributed by atoms with Crippen LogP contribution < -0.4 is 11.5 Å². The Morgan fingerprint density at radius 1 is 1.31 bits per heavy atom. The Morgan fingerprint density at radius 2 is 1.77 bits per heavy atom. The lowest BCUT2D eigenvalue weighted by atomic mass is 10.0. The highest BCUT2D eigenvalue weighted by atomic mass is 14.6. The number of aryl methyl sites for hydroxylation is 2. The minimum atomic E-state index is -0.0991. The summed E-state index contributed by atoms with van der Waals surface area (Å²) in [5, 5.41) is 0. The van der Waals surface area contributed by atoms with Crippen molar-refractivity contribution in [3.8, 4) is 0 Å². The first-order valence-electron chi connectivity index (χ1n) is 4.31. The van der Waals surface area contributed by atoms with E-state index in [-0.39, 0.29) is 6.04 Å². The lowest BCUT2D eigenvalue weighted by Crippen LogP contribution is -2.08. The molecular weight excluding hydrogens is 160 g/mol. The summed E-state index contributed by atoms with van der Waals surface area (Å²) in [6, 6.07) is 3.92. The zero-order valence-electron chi connectivity index (χ0n) is 8.17. The Hall–Kier alpha value is -1.28. The maximum atomic E-state index is 5.83. The highest BCUT2D eigenvalue weighted by Crippen LogP contribution is 2.22. The summed E-state index contributed by atoms with van der Waals surface area (Å²) in [5.74, 6) is 0. The van der Waals surface area contributed by atoms with Gasteiger partial charge in [-0.2, -0.15) is 0 Å². The first-order valence-corrected chi connectivity index (χ1v) is 4.31. The van der Waals surface area contributed by atoms with Gasteiger partial charge in [0.25, 0.3) is 0 Å². The summed E-state index contributed by atoms with van der Waals surface area (Å²) < 4.78 is 0. The molecule has 0 spiro atoms. The normalized spacial score (nSPS) is 12.5. The predicted octanol–water partition coefficient (Wildman–Crippen LogP) is 2.07. The Bertz CT molecular complexity index is 306. The molecule has 0 amide bonds. The van der Waals surface area contributed by atoms with Gasteiger partial charge >= 0.3 is 0 Å². The summed E-state index contributed by atoms with van der Waals surface area (Å²) in [5.41, 5.74) is 15.7. The fraction of sp³-hybridized carbons (Fsp3) is 0.273. The Morgan fingerprint density at radius 3 is 2.15 bits per heavy atom. The van der Waals surface area contributed by atoms with Gasteiger partial charge in [-0.15, -0.1) is 6.58 Å². The fourth-order valence-corrected chi connectivity index (χ4v) is 1.34. The van der Waals surface area contributed by atoms with Crippen LogP contribution in [-0.2, 0) is 0 Å². The van der Waals surface area contributed by atoms with E-state index in [4.69, 9.17) is 11.5 Å². The van der Waals surface area contributed by atoms with Crippen molar-refractivity contribution < 1.29 is 0 Å². The molecule has 0 radical (unpaired) electrons. The molecule has 13 heavy (non-hydrogen) atoms. The molecule has 0 fully saturated rings. The number of rotatable bonds is 2. The molecule has 1 unspecified atom stereocenters. The lowest BCUT2D eigenvalue weighted by Gasteiger charge is -2.11. The van der Waals surface area contributed by atoms with Crippen molar-refractivity contribution in [2.24, 2.45) is 5.73 Å². The van der Waals surface area contributed by atoms with Crippen molar-refractivity contribution in [2.45, 2.75) is 19.9 Å². The zero-order chi connectivity index (χ0) is 10.0. The average Bonchev–Trinajstić information content (AvgIpc) is 2.12. The van der Waals surface area contributed by atoms with Crippen LogP contribution in [0.15, 0.2) is 24.8 Å². The van der Waals surface area contributed by atoms with E-state index in [0.29, 0.717) is 0 Å². The summed E-state index contributed by atoms with van der Waals surface area (Å²) in [6.45, 7) is 7.64. The quantitative estimate of drug-likeness (QED) is 0.535. The van der Waals surface area contributed by atoms with E-state index in [1.54, 1.807) is 6.08 Å². The molecule has 2 nitrogen and oxygen atoms in total. The molecule has 1 rings (SSSR count). The van der Waals surface area contributed by atoms with Crippen LogP contribution in [0.1, 0.15) is 22.7 Å². The Kier molecular flexibility index (Phi) is 2.73. The molecule has 70 valence electrons. The summed E-state index contributed by atoms with van der Waals surface area (Å²) in [4.78, 5) is 0. The third kappa shape index (κ3) is 1.90. The Balaban J connectivity index is 3.20. The van der Waals surface area contributed by atoms with Gasteiger partial charge in [-0.3, -0.25) is 0 Å². The molecule has 0 aliphatic heterocycles. The van der Waals surface area contributed by atoms with Crippen LogP contribution in [0.3, 0.4) is 0 Å². The van der Waals surface area contributed by atoms with E-state index in [1.165, 1.54) is 0 Å². The van der Waals surface area contributed by atoms with Crippen LogP contribution in [-0.4, -0.2) is 0 Å². The van der Waals surface area contributed by atoms with Crippen molar-refractivity contribution in [3.05, 3.63) is 41.5 Å². The average molecular weight is 176 g/mol. The summed E-state index contributed by atoms with van der Waals surface area (Å²) in [6.07, 6.45) is 1.73. The van der Waals surface area contributed by atoms with E-state index in [0.717, 1.165) is 22.4 Å². The lowest BCUT2D eigenvalue weighted by molar-refractivity contribution is 0.910. The second kappa shape index (κ2) is 3.62. The van der Waals surface area contributed by atoms with Crippen molar-refractivity contribution in [2.75, 3.05) is 5.73 Å². The third-order valence-corrected chi connectivity index (χ3v) is 2.25. The van der Waals surface area contributed by atoms with Crippen LogP contribution in [0, 0.1) is 13.8 Å². The SMILES string of the molecule is C=CC(N)c1cc(C)c(N)c(C)c1. The molecular formula is C11H16N2. The predicted molar refractivity (Wildman–Crippen MR) is 57.5 cm³/mol. The molecule has 1 atom stereocenters. The molecule has 0 heterocycles. The van der Waals surface area contributed by atoms with Gasteiger partial charge in [0, 0.05) is 11.7 Å². The van der Waals surface area contributed by atoms with Crippen LogP contribution in [0.25, 0.3) is 0 Å². The number of benzene rings is 1. The number of nitrogens with two attached hydrogens (primary N) is 2. The molecule has 4 N–H and O–H groups in total. The summed E-state index contributed by atoms with van der Waals surface area (Å²) >= 11 is 0. The Labute approximate surface area is 79.2 Å². The second-order valence-corrected chi connectivity index (χ2v) is 3.33. The van der Waals surface area contributed by atoms with Gasteiger partial charge in [-0.1, -0.05) is 18.2 Å². The molecule has 0 saturated carbocycles. The topological polar surface area (TPSA) is 52.0 Å². The van der Waals surface area contributed by atoms with Crippen LogP contribution >= 0.6 is 0 Å². The molecule has 0 aliphatic carbocycles. The van der Waals surface area contributed by atoms with E-state index in [2.05, 4.69) is 6.58 Å². The number of hydrogen-bond acceptors (Lipinski definition) is 2. The van der Waals surface area contributed by atoms with Crippen molar-refractivity contribution in [1.82, 2.24) is 0 Å². The second-order valence-electron chi connectivity index (χ2n) is 3.33. The molecule has 0 aliphatic rings. The highest BCUT2D eigenvalue weighted by Gasteiger charge is 2.05. The van der Waals surface area contributed by atoms with Gasteiger partial charge in [0.1, 0.15) is 0 Å². The van der Waals surface area contributed by atoms with Gasteiger partial charge in [0.15, 0.2) is 0 Å². The van der Waals surface area contributed by atoms with Crippen molar-refractivity contribution >= 4 is 5.69 Å². The van der Waals surface area contributed by atoms with Gasteiger partial charge in [0.2, 0.25) is 0 Å². The van der Waals surface area contributed by atoms with Crippen molar-refractivity contribution in [3.63, 3.8) is 0 Å². The molecule has 0 saturated heterocycles. The largest absolute Gasteiger partial charge is 0.398 e. The summed E-state index contributed by atoms with van der Waals surface area (Å²) in [7, 11) is 0. The van der Waals surface area contributed by atoms with E-state index in [9.17, 15) is 0 Å². The maximum Gasteiger partial charge on any atom is 0.0478 e. The van der Waals surface area contributed by atoms with E-state index in [1.807, 2.05) is 26.0 Å². The molecule has 1 aromatic rings. The molecule has 1 aromatic carbocycles. The first-order chi connectivity index (χ1) is 6.06.